The Morgan fingerprint density at radius 3 is 2.61 bits per heavy atom. The minimum atomic E-state index is -3.03. The van der Waals surface area contributed by atoms with Crippen LogP contribution >= 0.6 is 11.6 Å². The molecule has 0 amide bonds. The van der Waals surface area contributed by atoms with E-state index in [1.54, 1.807) is 4.31 Å². The van der Waals surface area contributed by atoms with Gasteiger partial charge >= 0.3 is 0 Å². The molecular formula is C12H23ClN2O2S. The summed E-state index contributed by atoms with van der Waals surface area (Å²) in [6.45, 7) is 2.22. The molecule has 0 aromatic carbocycles. The van der Waals surface area contributed by atoms with Crippen molar-refractivity contribution in [2.24, 2.45) is 5.92 Å². The quantitative estimate of drug-likeness (QED) is 0.780. The van der Waals surface area contributed by atoms with Crippen LogP contribution in [-0.4, -0.2) is 50.0 Å². The van der Waals surface area contributed by atoms with E-state index in [-0.39, 0.29) is 5.54 Å². The van der Waals surface area contributed by atoms with Crippen molar-refractivity contribution >= 4 is 21.6 Å². The van der Waals surface area contributed by atoms with Gasteiger partial charge in [0.05, 0.1) is 6.26 Å². The van der Waals surface area contributed by atoms with Crippen molar-refractivity contribution < 1.29 is 8.42 Å². The average Bonchev–Trinajstić information content (AvgIpc) is 2.27. The average molecular weight is 295 g/mol. The van der Waals surface area contributed by atoms with Gasteiger partial charge in [-0.15, -0.1) is 11.6 Å². The summed E-state index contributed by atoms with van der Waals surface area (Å²) in [5.41, 5.74) is 0.134. The van der Waals surface area contributed by atoms with E-state index in [9.17, 15) is 8.42 Å². The fourth-order valence-electron chi connectivity index (χ4n) is 2.82. The van der Waals surface area contributed by atoms with Crippen LogP contribution in [0, 0.1) is 5.92 Å². The highest BCUT2D eigenvalue weighted by Crippen LogP contribution is 2.33. The van der Waals surface area contributed by atoms with Gasteiger partial charge in [-0.3, -0.25) is 0 Å². The predicted octanol–water partition coefficient (Wildman–Crippen LogP) is 1.41. The largest absolute Gasteiger partial charge is 0.310 e. The van der Waals surface area contributed by atoms with Gasteiger partial charge in [0.25, 0.3) is 0 Å². The molecule has 0 radical (unpaired) electrons. The highest BCUT2D eigenvalue weighted by Gasteiger charge is 2.36. The maximum absolute atomic E-state index is 11.5. The molecule has 1 aliphatic carbocycles. The van der Waals surface area contributed by atoms with Crippen LogP contribution in [0.3, 0.4) is 0 Å². The first-order valence-corrected chi connectivity index (χ1v) is 9.10. The Labute approximate surface area is 115 Å². The summed E-state index contributed by atoms with van der Waals surface area (Å²) in [6, 6.07) is 0. The summed E-state index contributed by atoms with van der Waals surface area (Å²) in [7, 11) is -3.03. The summed E-state index contributed by atoms with van der Waals surface area (Å²) >= 11 is 6.01. The first-order chi connectivity index (χ1) is 8.45. The number of rotatable bonds is 5. The standard InChI is InChI=1S/C12H23ClN2O2S/c1-18(16,17)15-7-2-4-11(9-15)8-14-12(10-13)5-3-6-12/h11,14H,2-10H2,1H3. The van der Waals surface area contributed by atoms with E-state index in [2.05, 4.69) is 5.32 Å². The predicted molar refractivity (Wildman–Crippen MR) is 74.4 cm³/mol. The minimum absolute atomic E-state index is 0.134. The van der Waals surface area contributed by atoms with Gasteiger partial charge in [-0.05, 0) is 44.6 Å². The normalized spacial score (nSPS) is 28.9. The van der Waals surface area contributed by atoms with Crippen LogP contribution in [-0.2, 0) is 10.0 Å². The lowest BCUT2D eigenvalue weighted by molar-refractivity contribution is 0.181. The Kier molecular flexibility index (Phi) is 4.57. The van der Waals surface area contributed by atoms with E-state index in [0.717, 1.165) is 32.2 Å². The molecule has 0 aromatic heterocycles. The number of alkyl halides is 1. The maximum Gasteiger partial charge on any atom is 0.211 e. The number of nitrogens with one attached hydrogen (secondary N) is 1. The fraction of sp³-hybridized carbons (Fsp3) is 1.00. The lowest BCUT2D eigenvalue weighted by atomic mass is 9.78. The zero-order valence-electron chi connectivity index (χ0n) is 11.0. The number of hydrogen-bond acceptors (Lipinski definition) is 3. The van der Waals surface area contributed by atoms with Crippen molar-refractivity contribution in [2.45, 2.75) is 37.6 Å². The summed E-state index contributed by atoms with van der Waals surface area (Å²) in [5.74, 6) is 1.09. The second-order valence-electron chi connectivity index (χ2n) is 5.78. The van der Waals surface area contributed by atoms with Crippen LogP contribution in [0.25, 0.3) is 0 Å². The van der Waals surface area contributed by atoms with Gasteiger partial charge < -0.3 is 5.32 Å². The third-order valence-corrected chi connectivity index (χ3v) is 6.06. The Hall–Kier alpha value is 0.160. The molecule has 1 saturated heterocycles. The van der Waals surface area contributed by atoms with Gasteiger partial charge in [-0.1, -0.05) is 0 Å². The molecule has 1 atom stereocenters. The molecule has 2 rings (SSSR count). The van der Waals surface area contributed by atoms with Gasteiger partial charge in [0, 0.05) is 24.5 Å². The van der Waals surface area contributed by atoms with Crippen molar-refractivity contribution in [1.29, 1.82) is 0 Å². The molecule has 2 aliphatic rings. The van der Waals surface area contributed by atoms with Crippen LogP contribution < -0.4 is 5.32 Å². The van der Waals surface area contributed by atoms with E-state index in [1.165, 1.54) is 12.7 Å². The van der Waals surface area contributed by atoms with Crippen LogP contribution in [0.4, 0.5) is 0 Å². The second-order valence-corrected chi connectivity index (χ2v) is 8.03. The molecule has 18 heavy (non-hydrogen) atoms. The molecule has 1 heterocycles. The number of piperidine rings is 1. The van der Waals surface area contributed by atoms with Crippen molar-refractivity contribution in [3.8, 4) is 0 Å². The lowest BCUT2D eigenvalue weighted by Gasteiger charge is -2.43. The molecule has 1 saturated carbocycles. The van der Waals surface area contributed by atoms with Crippen LogP contribution in [0.5, 0.6) is 0 Å². The lowest BCUT2D eigenvalue weighted by Crippen LogP contribution is -2.55. The first-order valence-electron chi connectivity index (χ1n) is 6.71. The van der Waals surface area contributed by atoms with Gasteiger partial charge in [0.1, 0.15) is 0 Å². The molecule has 1 aliphatic heterocycles. The van der Waals surface area contributed by atoms with Crippen molar-refractivity contribution in [3.05, 3.63) is 0 Å². The minimum Gasteiger partial charge on any atom is -0.310 e. The van der Waals surface area contributed by atoms with E-state index in [0.29, 0.717) is 24.9 Å². The number of hydrogen-bond donors (Lipinski definition) is 1. The van der Waals surface area contributed by atoms with Crippen molar-refractivity contribution in [1.82, 2.24) is 9.62 Å². The zero-order valence-corrected chi connectivity index (χ0v) is 12.6. The van der Waals surface area contributed by atoms with E-state index in [4.69, 9.17) is 11.6 Å². The zero-order chi connectivity index (χ0) is 13.2. The Morgan fingerprint density at radius 2 is 2.11 bits per heavy atom. The Bertz CT molecular complexity index is 376. The van der Waals surface area contributed by atoms with Gasteiger partial charge in [-0.25, -0.2) is 12.7 Å². The Morgan fingerprint density at radius 1 is 1.39 bits per heavy atom. The number of halogens is 1. The van der Waals surface area contributed by atoms with Crippen LogP contribution in [0.15, 0.2) is 0 Å². The molecule has 1 unspecified atom stereocenters. The summed E-state index contributed by atoms with van der Waals surface area (Å²) in [6.07, 6.45) is 6.93. The van der Waals surface area contributed by atoms with Crippen LogP contribution in [0.1, 0.15) is 32.1 Å². The molecule has 4 nitrogen and oxygen atoms in total. The summed E-state index contributed by atoms with van der Waals surface area (Å²) < 4.78 is 24.7. The molecule has 1 N–H and O–H groups in total. The van der Waals surface area contributed by atoms with Crippen molar-refractivity contribution in [2.75, 3.05) is 31.8 Å². The maximum atomic E-state index is 11.5. The van der Waals surface area contributed by atoms with Gasteiger partial charge in [0.15, 0.2) is 0 Å². The monoisotopic (exact) mass is 294 g/mol. The van der Waals surface area contributed by atoms with E-state index < -0.39 is 10.0 Å². The summed E-state index contributed by atoms with van der Waals surface area (Å²) in [5, 5.41) is 3.57. The highest BCUT2D eigenvalue weighted by molar-refractivity contribution is 7.88. The molecule has 0 aromatic rings. The van der Waals surface area contributed by atoms with E-state index >= 15 is 0 Å². The fourth-order valence-corrected chi connectivity index (χ4v) is 4.12. The molecule has 0 bridgehead atoms. The summed E-state index contributed by atoms with van der Waals surface area (Å²) in [4.78, 5) is 0. The third kappa shape index (κ3) is 3.38. The molecular weight excluding hydrogens is 272 g/mol. The third-order valence-electron chi connectivity index (χ3n) is 4.28. The van der Waals surface area contributed by atoms with Gasteiger partial charge in [-0.2, -0.15) is 0 Å². The molecule has 106 valence electrons. The number of sulfonamides is 1. The topological polar surface area (TPSA) is 49.4 Å². The second kappa shape index (κ2) is 5.65. The van der Waals surface area contributed by atoms with Crippen LogP contribution in [0.2, 0.25) is 0 Å². The van der Waals surface area contributed by atoms with Crippen molar-refractivity contribution in [3.63, 3.8) is 0 Å². The highest BCUT2D eigenvalue weighted by atomic mass is 35.5. The first kappa shape index (κ1) is 14.6. The molecule has 6 heteroatoms. The molecule has 2 fully saturated rings. The van der Waals surface area contributed by atoms with E-state index in [1.807, 2.05) is 0 Å². The smallest absolute Gasteiger partial charge is 0.211 e. The SMILES string of the molecule is CS(=O)(=O)N1CCCC(CNC2(CCl)CCC2)C1. The number of nitrogens with zero attached hydrogens (tertiary/aromatic N) is 1. The van der Waals surface area contributed by atoms with Gasteiger partial charge in [0.2, 0.25) is 10.0 Å². The Balaban J connectivity index is 1.83. The molecule has 0 spiro atoms.